The molecule has 9 heteroatoms. The second kappa shape index (κ2) is 10.6. The molecule has 0 aliphatic carbocycles. The normalized spacial score (nSPS) is 11.1. The molecule has 0 aliphatic rings. The van der Waals surface area contributed by atoms with Crippen molar-refractivity contribution in [3.8, 4) is 0 Å². The van der Waals surface area contributed by atoms with E-state index in [9.17, 15) is 13.2 Å². The Morgan fingerprint density at radius 1 is 1.07 bits per heavy atom. The van der Waals surface area contributed by atoms with Crippen LogP contribution in [0.1, 0.15) is 35.7 Å². The molecule has 0 saturated heterocycles. The van der Waals surface area contributed by atoms with Gasteiger partial charge in [-0.2, -0.15) is 0 Å². The molecule has 8 nitrogen and oxygen atoms in total. The number of hydrogen-bond donors (Lipinski definition) is 3. The Labute approximate surface area is 171 Å². The van der Waals surface area contributed by atoms with Gasteiger partial charge in [-0.15, -0.1) is 0 Å². The molecule has 0 spiro atoms. The summed E-state index contributed by atoms with van der Waals surface area (Å²) in [5.74, 6) is -0.517. The van der Waals surface area contributed by atoms with Gasteiger partial charge in [0.05, 0.1) is 22.8 Å². The molecule has 0 heterocycles. The summed E-state index contributed by atoms with van der Waals surface area (Å²) in [6, 6.07) is 12.9. The number of carbonyl (C=O) groups is 1. The summed E-state index contributed by atoms with van der Waals surface area (Å²) in [5.41, 5.74) is 12.4. The number of nitrogens with one attached hydrogen (secondary N) is 1. The van der Waals surface area contributed by atoms with E-state index in [2.05, 4.69) is 9.71 Å². The number of carbonyl (C=O) groups excluding carboxylic acids is 1. The number of aliphatic imine (C=N–C) groups is 1. The Kier molecular flexibility index (Phi) is 8.17. The zero-order valence-electron chi connectivity index (χ0n) is 16.3. The van der Waals surface area contributed by atoms with Gasteiger partial charge in [-0.05, 0) is 48.4 Å². The lowest BCUT2D eigenvalue weighted by atomic mass is 10.2. The van der Waals surface area contributed by atoms with Gasteiger partial charge in [0, 0.05) is 13.0 Å². The lowest BCUT2D eigenvalue weighted by Gasteiger charge is -2.08. The summed E-state index contributed by atoms with van der Waals surface area (Å²) in [6.07, 6.45) is 2.18. The number of guanidine groups is 1. The number of unbranched alkanes of at least 4 members (excludes halogenated alkanes) is 1. The Balaban J connectivity index is 1.85. The van der Waals surface area contributed by atoms with Crippen molar-refractivity contribution in [2.45, 2.75) is 31.1 Å². The molecule has 5 N–H and O–H groups in total. The quantitative estimate of drug-likeness (QED) is 0.234. The molecule has 2 rings (SSSR count). The molecule has 0 unspecified atom stereocenters. The van der Waals surface area contributed by atoms with Crippen molar-refractivity contribution in [3.05, 3.63) is 59.7 Å². The molecule has 2 aromatic carbocycles. The van der Waals surface area contributed by atoms with Crippen LogP contribution in [-0.4, -0.2) is 33.5 Å². The SMILES string of the molecule is CCCCNS(=O)(=O)c1ccc(CCOC(=O)c2ccc(N=C(N)N)cc2)cc1. The fourth-order valence-electron chi connectivity index (χ4n) is 2.47. The maximum absolute atomic E-state index is 12.2. The number of esters is 1. The second-order valence-electron chi connectivity index (χ2n) is 6.36. The van der Waals surface area contributed by atoms with E-state index < -0.39 is 16.0 Å². The zero-order chi connectivity index (χ0) is 21.3. The molecule has 0 atom stereocenters. The van der Waals surface area contributed by atoms with Crippen molar-refractivity contribution in [1.82, 2.24) is 4.72 Å². The van der Waals surface area contributed by atoms with Crippen LogP contribution in [-0.2, 0) is 21.2 Å². The van der Waals surface area contributed by atoms with Crippen molar-refractivity contribution in [2.24, 2.45) is 16.5 Å². The Morgan fingerprint density at radius 2 is 1.72 bits per heavy atom. The lowest BCUT2D eigenvalue weighted by Crippen LogP contribution is -2.24. The van der Waals surface area contributed by atoms with Gasteiger partial charge < -0.3 is 16.2 Å². The van der Waals surface area contributed by atoms with Crippen molar-refractivity contribution >= 4 is 27.6 Å². The third-order valence-electron chi connectivity index (χ3n) is 4.04. The molecule has 2 aromatic rings. The standard InChI is InChI=1S/C20H26N4O4S/c1-2-3-13-23-29(26,27)18-10-4-15(5-11-18)12-14-28-19(25)16-6-8-17(9-7-16)24-20(21)22/h4-11,23H,2-3,12-14H2,1H3,(H4,21,22,24). The maximum atomic E-state index is 12.2. The molecule has 0 aromatic heterocycles. The first-order chi connectivity index (χ1) is 13.8. The van der Waals surface area contributed by atoms with Crippen LogP contribution in [0.4, 0.5) is 5.69 Å². The highest BCUT2D eigenvalue weighted by Crippen LogP contribution is 2.14. The first kappa shape index (κ1) is 22.4. The van der Waals surface area contributed by atoms with Crippen LogP contribution < -0.4 is 16.2 Å². The van der Waals surface area contributed by atoms with E-state index in [1.807, 2.05) is 6.92 Å². The number of benzene rings is 2. The topological polar surface area (TPSA) is 137 Å². The van der Waals surface area contributed by atoms with E-state index in [1.54, 1.807) is 48.5 Å². The van der Waals surface area contributed by atoms with Gasteiger partial charge in [0.15, 0.2) is 5.96 Å². The van der Waals surface area contributed by atoms with E-state index in [4.69, 9.17) is 16.2 Å². The number of rotatable bonds is 10. The van der Waals surface area contributed by atoms with Gasteiger partial charge in [-0.25, -0.2) is 22.9 Å². The average Bonchev–Trinajstić information content (AvgIpc) is 2.68. The Morgan fingerprint density at radius 3 is 2.31 bits per heavy atom. The van der Waals surface area contributed by atoms with Crippen molar-refractivity contribution in [3.63, 3.8) is 0 Å². The Bertz CT molecular complexity index is 935. The predicted molar refractivity (Wildman–Crippen MR) is 112 cm³/mol. The van der Waals surface area contributed by atoms with E-state index in [-0.39, 0.29) is 17.5 Å². The van der Waals surface area contributed by atoms with E-state index in [1.165, 1.54) is 0 Å². The van der Waals surface area contributed by atoms with Crippen LogP contribution >= 0.6 is 0 Å². The van der Waals surface area contributed by atoms with E-state index in [0.717, 1.165) is 18.4 Å². The third-order valence-corrected chi connectivity index (χ3v) is 5.52. The third kappa shape index (κ3) is 7.20. The molecule has 156 valence electrons. The van der Waals surface area contributed by atoms with Crippen LogP contribution in [0, 0.1) is 0 Å². The van der Waals surface area contributed by atoms with E-state index >= 15 is 0 Å². The monoisotopic (exact) mass is 418 g/mol. The van der Waals surface area contributed by atoms with Crippen molar-refractivity contribution in [2.75, 3.05) is 13.2 Å². The number of ether oxygens (including phenoxy) is 1. The molecule has 0 amide bonds. The first-order valence-electron chi connectivity index (χ1n) is 9.27. The molecular formula is C20H26N4O4S. The fraction of sp³-hybridized carbons (Fsp3) is 0.300. The van der Waals surface area contributed by atoms with Crippen molar-refractivity contribution < 1.29 is 17.9 Å². The van der Waals surface area contributed by atoms with Crippen LogP contribution in [0.2, 0.25) is 0 Å². The van der Waals surface area contributed by atoms with Crippen molar-refractivity contribution in [1.29, 1.82) is 0 Å². The Hall–Kier alpha value is -2.91. The predicted octanol–water partition coefficient (Wildman–Crippen LogP) is 2.07. The molecule has 0 saturated carbocycles. The molecule has 29 heavy (non-hydrogen) atoms. The van der Waals surface area contributed by atoms with Crippen LogP contribution in [0.15, 0.2) is 58.4 Å². The second-order valence-corrected chi connectivity index (χ2v) is 8.13. The molecular weight excluding hydrogens is 392 g/mol. The average molecular weight is 419 g/mol. The molecule has 0 fully saturated rings. The minimum absolute atomic E-state index is 0.0594. The highest BCUT2D eigenvalue weighted by atomic mass is 32.2. The summed E-state index contributed by atoms with van der Waals surface area (Å²) in [7, 11) is -3.49. The summed E-state index contributed by atoms with van der Waals surface area (Å²) >= 11 is 0. The molecule has 0 radical (unpaired) electrons. The van der Waals surface area contributed by atoms with Gasteiger partial charge >= 0.3 is 5.97 Å². The number of nitrogens with two attached hydrogens (primary N) is 2. The van der Waals surface area contributed by atoms with Gasteiger partial charge in [-0.3, -0.25) is 0 Å². The highest BCUT2D eigenvalue weighted by Gasteiger charge is 2.13. The first-order valence-corrected chi connectivity index (χ1v) is 10.8. The summed E-state index contributed by atoms with van der Waals surface area (Å²) in [4.78, 5) is 16.2. The minimum Gasteiger partial charge on any atom is -0.462 e. The zero-order valence-corrected chi connectivity index (χ0v) is 17.1. The number of hydrogen-bond acceptors (Lipinski definition) is 5. The smallest absolute Gasteiger partial charge is 0.338 e. The molecule has 0 bridgehead atoms. The largest absolute Gasteiger partial charge is 0.462 e. The van der Waals surface area contributed by atoms with Gasteiger partial charge in [0.1, 0.15) is 0 Å². The summed E-state index contributed by atoms with van der Waals surface area (Å²) in [5, 5.41) is 0. The van der Waals surface area contributed by atoms with Gasteiger partial charge in [0.2, 0.25) is 10.0 Å². The lowest BCUT2D eigenvalue weighted by molar-refractivity contribution is 0.0509. The summed E-state index contributed by atoms with van der Waals surface area (Å²) in [6.45, 7) is 2.59. The van der Waals surface area contributed by atoms with Gasteiger partial charge in [-0.1, -0.05) is 25.5 Å². The van der Waals surface area contributed by atoms with Crippen LogP contribution in [0.5, 0.6) is 0 Å². The maximum Gasteiger partial charge on any atom is 0.338 e. The highest BCUT2D eigenvalue weighted by molar-refractivity contribution is 7.89. The number of sulfonamides is 1. The molecule has 0 aliphatic heterocycles. The summed E-state index contributed by atoms with van der Waals surface area (Å²) < 4.78 is 32.1. The van der Waals surface area contributed by atoms with Gasteiger partial charge in [0.25, 0.3) is 0 Å². The van der Waals surface area contributed by atoms with Crippen LogP contribution in [0.3, 0.4) is 0 Å². The van der Waals surface area contributed by atoms with E-state index in [0.29, 0.717) is 24.2 Å². The van der Waals surface area contributed by atoms with Crippen LogP contribution in [0.25, 0.3) is 0 Å². The fourth-order valence-corrected chi connectivity index (χ4v) is 3.54. The minimum atomic E-state index is -3.49. The number of nitrogens with zero attached hydrogens (tertiary/aromatic N) is 1.